The van der Waals surface area contributed by atoms with Crippen LogP contribution < -0.4 is 10.1 Å². The SMILES string of the molecule is O=C(N[C@@H]1C[C@@H]2CCN(C2)C1)c1ccc(Oc2ccco2)cc1. The molecule has 0 aliphatic carbocycles. The number of hydrogen-bond donors (Lipinski definition) is 1. The monoisotopic (exact) mass is 312 g/mol. The fourth-order valence-electron chi connectivity index (χ4n) is 3.55. The number of nitrogens with one attached hydrogen (secondary N) is 1. The zero-order valence-electron chi connectivity index (χ0n) is 12.9. The van der Waals surface area contributed by atoms with Crippen molar-refractivity contribution >= 4 is 5.91 Å². The first-order chi connectivity index (χ1) is 11.3. The van der Waals surface area contributed by atoms with E-state index in [9.17, 15) is 4.79 Å². The van der Waals surface area contributed by atoms with Crippen LogP contribution >= 0.6 is 0 Å². The number of hydrogen-bond acceptors (Lipinski definition) is 4. The average molecular weight is 312 g/mol. The molecule has 2 aliphatic rings. The van der Waals surface area contributed by atoms with E-state index in [2.05, 4.69) is 10.2 Å². The third-order valence-electron chi connectivity index (χ3n) is 4.63. The second kappa shape index (κ2) is 6.08. The van der Waals surface area contributed by atoms with Crippen LogP contribution in [-0.2, 0) is 0 Å². The van der Waals surface area contributed by atoms with E-state index in [4.69, 9.17) is 9.15 Å². The summed E-state index contributed by atoms with van der Waals surface area (Å²) < 4.78 is 10.7. The molecule has 1 unspecified atom stereocenters. The van der Waals surface area contributed by atoms with Gasteiger partial charge in [0.2, 0.25) is 0 Å². The molecule has 1 N–H and O–H groups in total. The molecular formula is C18H20N2O3. The predicted octanol–water partition coefficient (Wildman–Crippen LogP) is 2.90. The van der Waals surface area contributed by atoms with Crippen LogP contribution in [0.2, 0.25) is 0 Å². The Morgan fingerprint density at radius 1 is 1.22 bits per heavy atom. The molecule has 2 saturated heterocycles. The Hall–Kier alpha value is -2.27. The van der Waals surface area contributed by atoms with E-state index in [1.807, 2.05) is 0 Å². The Morgan fingerprint density at radius 2 is 2.09 bits per heavy atom. The molecule has 2 fully saturated rings. The van der Waals surface area contributed by atoms with E-state index >= 15 is 0 Å². The van der Waals surface area contributed by atoms with Crippen LogP contribution in [0.25, 0.3) is 0 Å². The standard InChI is InChI=1S/C18H20N2O3/c21-18(19-15-10-13-7-8-20(11-13)12-15)14-3-5-16(6-4-14)23-17-2-1-9-22-17/h1-6,9,13,15H,7-8,10-12H2,(H,19,21)/t13-,15+/m0/s1. The summed E-state index contributed by atoms with van der Waals surface area (Å²) in [6.45, 7) is 3.35. The van der Waals surface area contributed by atoms with Gasteiger partial charge in [0.15, 0.2) is 0 Å². The molecule has 3 atom stereocenters. The van der Waals surface area contributed by atoms with Crippen LogP contribution in [0.4, 0.5) is 0 Å². The highest BCUT2D eigenvalue weighted by Crippen LogP contribution is 2.27. The summed E-state index contributed by atoms with van der Waals surface area (Å²) in [5.74, 6) is 1.83. The van der Waals surface area contributed by atoms with Gasteiger partial charge in [-0.3, -0.25) is 4.79 Å². The minimum absolute atomic E-state index is 0.0120. The van der Waals surface area contributed by atoms with Crippen LogP contribution in [-0.4, -0.2) is 36.5 Å². The highest BCUT2D eigenvalue weighted by molar-refractivity contribution is 5.94. The fraction of sp³-hybridized carbons (Fsp3) is 0.389. The molecule has 3 heterocycles. The summed E-state index contributed by atoms with van der Waals surface area (Å²) in [7, 11) is 0. The molecule has 1 aromatic heterocycles. The quantitative estimate of drug-likeness (QED) is 0.943. The Labute approximate surface area is 135 Å². The van der Waals surface area contributed by atoms with Crippen LogP contribution in [0.3, 0.4) is 0 Å². The van der Waals surface area contributed by atoms with E-state index in [1.165, 1.54) is 19.5 Å². The van der Waals surface area contributed by atoms with Gasteiger partial charge in [-0.2, -0.15) is 0 Å². The molecule has 0 spiro atoms. The molecule has 2 aromatic rings. The van der Waals surface area contributed by atoms with Crippen molar-refractivity contribution in [1.82, 2.24) is 10.2 Å². The average Bonchev–Trinajstić information content (AvgIpc) is 3.18. The summed E-state index contributed by atoms with van der Waals surface area (Å²) in [4.78, 5) is 14.8. The maximum atomic E-state index is 12.4. The van der Waals surface area contributed by atoms with Crippen molar-refractivity contribution < 1.29 is 13.9 Å². The molecule has 23 heavy (non-hydrogen) atoms. The van der Waals surface area contributed by atoms with Crippen molar-refractivity contribution in [3.63, 3.8) is 0 Å². The van der Waals surface area contributed by atoms with Crippen LogP contribution in [0.15, 0.2) is 47.1 Å². The predicted molar refractivity (Wildman–Crippen MR) is 85.6 cm³/mol. The van der Waals surface area contributed by atoms with Crippen LogP contribution in [0.5, 0.6) is 11.7 Å². The summed E-state index contributed by atoms with van der Waals surface area (Å²) in [5.41, 5.74) is 0.657. The Balaban J connectivity index is 1.36. The van der Waals surface area contributed by atoms with Gasteiger partial charge in [0.25, 0.3) is 11.9 Å². The van der Waals surface area contributed by atoms with E-state index in [0.29, 0.717) is 17.3 Å². The molecule has 2 aliphatic heterocycles. The largest absolute Gasteiger partial charge is 0.434 e. The Morgan fingerprint density at radius 3 is 2.83 bits per heavy atom. The molecule has 4 rings (SSSR count). The number of nitrogens with zero attached hydrogens (tertiary/aromatic N) is 1. The number of benzene rings is 1. The number of fused-ring (bicyclic) bond motifs is 2. The Kier molecular flexibility index (Phi) is 3.79. The maximum Gasteiger partial charge on any atom is 0.289 e. The second-order valence-electron chi connectivity index (χ2n) is 6.38. The number of rotatable bonds is 4. The molecular weight excluding hydrogens is 292 g/mol. The van der Waals surface area contributed by atoms with Gasteiger partial charge >= 0.3 is 0 Å². The fourth-order valence-corrected chi connectivity index (χ4v) is 3.55. The van der Waals surface area contributed by atoms with Gasteiger partial charge in [-0.25, -0.2) is 0 Å². The van der Waals surface area contributed by atoms with Gasteiger partial charge < -0.3 is 19.4 Å². The van der Waals surface area contributed by atoms with Crippen molar-refractivity contribution in [3.8, 4) is 11.7 Å². The maximum absolute atomic E-state index is 12.4. The summed E-state index contributed by atoms with van der Waals surface area (Å²) in [5, 5.41) is 3.16. The third-order valence-corrected chi connectivity index (χ3v) is 4.63. The summed E-state index contributed by atoms with van der Waals surface area (Å²) in [6, 6.07) is 10.9. The lowest BCUT2D eigenvalue weighted by Crippen LogP contribution is -2.46. The van der Waals surface area contributed by atoms with Crippen molar-refractivity contribution in [1.29, 1.82) is 0 Å². The molecule has 5 heteroatoms. The first-order valence-electron chi connectivity index (χ1n) is 8.11. The highest BCUT2D eigenvalue weighted by Gasteiger charge is 2.32. The Bertz CT molecular complexity index is 654. The number of carbonyl (C=O) groups excluding carboxylic acids is 1. The minimum atomic E-state index is -0.0120. The summed E-state index contributed by atoms with van der Waals surface area (Å²) >= 11 is 0. The van der Waals surface area contributed by atoms with Gasteiger partial charge in [-0.1, -0.05) is 0 Å². The minimum Gasteiger partial charge on any atom is -0.434 e. The van der Waals surface area contributed by atoms with E-state index < -0.39 is 0 Å². The molecule has 1 amide bonds. The van der Waals surface area contributed by atoms with Crippen molar-refractivity contribution in [2.75, 3.05) is 19.6 Å². The molecule has 2 bridgehead atoms. The van der Waals surface area contributed by atoms with Gasteiger partial charge in [0.1, 0.15) is 5.75 Å². The number of piperidine rings is 1. The molecule has 0 saturated carbocycles. The number of furan rings is 1. The molecule has 0 radical (unpaired) electrons. The van der Waals surface area contributed by atoms with Crippen molar-refractivity contribution in [2.45, 2.75) is 18.9 Å². The lowest BCUT2D eigenvalue weighted by molar-refractivity contribution is 0.0909. The van der Waals surface area contributed by atoms with E-state index in [0.717, 1.165) is 18.9 Å². The topological polar surface area (TPSA) is 54.7 Å². The molecule has 1 aromatic carbocycles. The lowest BCUT2D eigenvalue weighted by atomic mass is 9.96. The number of ether oxygens (including phenoxy) is 1. The molecule has 5 nitrogen and oxygen atoms in total. The van der Waals surface area contributed by atoms with Crippen molar-refractivity contribution in [3.05, 3.63) is 48.2 Å². The second-order valence-corrected chi connectivity index (χ2v) is 6.38. The van der Waals surface area contributed by atoms with Crippen LogP contribution in [0.1, 0.15) is 23.2 Å². The molecule has 120 valence electrons. The van der Waals surface area contributed by atoms with Gasteiger partial charge in [0.05, 0.1) is 6.26 Å². The van der Waals surface area contributed by atoms with Crippen LogP contribution in [0, 0.1) is 5.92 Å². The number of carbonyl (C=O) groups is 1. The van der Waals surface area contributed by atoms with Gasteiger partial charge in [0, 0.05) is 30.8 Å². The third kappa shape index (κ3) is 3.24. The highest BCUT2D eigenvalue weighted by atomic mass is 16.6. The van der Waals surface area contributed by atoms with Gasteiger partial charge in [-0.15, -0.1) is 0 Å². The first-order valence-corrected chi connectivity index (χ1v) is 8.11. The van der Waals surface area contributed by atoms with Gasteiger partial charge in [-0.05, 0) is 55.6 Å². The zero-order valence-corrected chi connectivity index (χ0v) is 12.9. The lowest BCUT2D eigenvalue weighted by Gasteiger charge is -2.30. The van der Waals surface area contributed by atoms with E-state index in [-0.39, 0.29) is 11.9 Å². The first kappa shape index (κ1) is 14.3. The summed E-state index contributed by atoms with van der Waals surface area (Å²) in [6.07, 6.45) is 3.93. The zero-order chi connectivity index (χ0) is 15.6. The number of amides is 1. The van der Waals surface area contributed by atoms with Crippen molar-refractivity contribution in [2.24, 2.45) is 5.92 Å². The van der Waals surface area contributed by atoms with E-state index in [1.54, 1.807) is 42.7 Å². The smallest absolute Gasteiger partial charge is 0.289 e. The normalized spacial score (nSPS) is 26.0.